The molecule has 2 N–H and O–H groups in total. The Balaban J connectivity index is 1.63. The van der Waals surface area contributed by atoms with Gasteiger partial charge in [0.2, 0.25) is 0 Å². The van der Waals surface area contributed by atoms with E-state index < -0.39 is 10.8 Å². The maximum atomic E-state index is 13.6. The molecule has 10 heteroatoms. The number of nitrogens with zero attached hydrogens (tertiary/aromatic N) is 3. The minimum absolute atomic E-state index is 0.0678. The third kappa shape index (κ3) is 5.33. The molecule has 208 valence electrons. The van der Waals surface area contributed by atoms with E-state index in [4.69, 9.17) is 17.3 Å². The Morgan fingerprint density at radius 3 is 2.54 bits per heavy atom. The normalized spacial score (nSPS) is 17.0. The summed E-state index contributed by atoms with van der Waals surface area (Å²) >= 11 is 8.08. The molecule has 1 atom stereocenters. The molecular formula is C31H26ClFN4O3S. The van der Waals surface area contributed by atoms with Gasteiger partial charge in [0, 0.05) is 40.5 Å². The molecule has 1 aliphatic carbocycles. The van der Waals surface area contributed by atoms with Crippen LogP contribution < -0.4 is 10.6 Å². The molecule has 0 fully saturated rings. The van der Waals surface area contributed by atoms with Gasteiger partial charge in [0.1, 0.15) is 11.6 Å². The molecule has 0 saturated heterocycles. The number of carbonyl (C=O) groups is 1. The first-order chi connectivity index (χ1) is 19.6. The molecule has 0 amide bonds. The summed E-state index contributed by atoms with van der Waals surface area (Å²) in [7, 11) is 0. The van der Waals surface area contributed by atoms with Crippen molar-refractivity contribution in [3.63, 3.8) is 0 Å². The van der Waals surface area contributed by atoms with Crippen LogP contribution in [0.25, 0.3) is 0 Å². The molecule has 0 bridgehead atoms. The highest BCUT2D eigenvalue weighted by Crippen LogP contribution is 2.48. The summed E-state index contributed by atoms with van der Waals surface area (Å²) in [4.78, 5) is 26.9. The second kappa shape index (κ2) is 11.4. The molecule has 1 aliphatic heterocycles. The number of nitro benzene ring substituents is 1. The van der Waals surface area contributed by atoms with Crippen molar-refractivity contribution in [2.75, 3.05) is 4.90 Å². The van der Waals surface area contributed by atoms with Gasteiger partial charge in [0.05, 0.1) is 33.2 Å². The third-order valence-corrected chi connectivity index (χ3v) is 8.90. The van der Waals surface area contributed by atoms with Crippen molar-refractivity contribution in [2.24, 2.45) is 5.73 Å². The predicted octanol–water partition coefficient (Wildman–Crippen LogP) is 7.60. The summed E-state index contributed by atoms with van der Waals surface area (Å²) in [5, 5.41) is 21.8. The van der Waals surface area contributed by atoms with Crippen molar-refractivity contribution in [2.45, 2.75) is 49.7 Å². The van der Waals surface area contributed by atoms with Gasteiger partial charge < -0.3 is 5.73 Å². The van der Waals surface area contributed by atoms with E-state index in [9.17, 15) is 24.6 Å². The van der Waals surface area contributed by atoms with E-state index in [2.05, 4.69) is 6.07 Å². The number of Topliss-reactive ketones (excluding diaryl/α,β-unsaturated/α-hetero) is 1. The maximum Gasteiger partial charge on any atom is 0.271 e. The van der Waals surface area contributed by atoms with Gasteiger partial charge in [-0.1, -0.05) is 23.7 Å². The van der Waals surface area contributed by atoms with Gasteiger partial charge in [-0.2, -0.15) is 5.26 Å². The molecule has 3 aromatic carbocycles. The second-order valence-electron chi connectivity index (χ2n) is 10.1. The smallest absolute Gasteiger partial charge is 0.271 e. The Bertz CT molecular complexity index is 1690. The summed E-state index contributed by atoms with van der Waals surface area (Å²) in [6.45, 7) is 3.97. The number of nitro groups is 1. The lowest BCUT2D eigenvalue weighted by molar-refractivity contribution is -0.384. The Morgan fingerprint density at radius 2 is 1.88 bits per heavy atom. The molecule has 5 rings (SSSR count). The maximum absolute atomic E-state index is 13.6. The molecule has 1 heterocycles. The van der Waals surface area contributed by atoms with E-state index in [1.54, 1.807) is 28.8 Å². The van der Waals surface area contributed by atoms with Crippen LogP contribution >= 0.6 is 23.4 Å². The monoisotopic (exact) mass is 588 g/mol. The van der Waals surface area contributed by atoms with Gasteiger partial charge in [0.15, 0.2) is 5.78 Å². The SMILES string of the molecule is Cc1cc(C)c(C2C(C#N)=C(N)N(c3ccc([N+](=O)[O-])cc3Cl)C3=C2C(=O)CCC3)cc1CSc1ccc(F)cc1. The van der Waals surface area contributed by atoms with Crippen LogP contribution in [0.1, 0.15) is 47.4 Å². The summed E-state index contributed by atoms with van der Waals surface area (Å²) in [6, 6.07) is 16.7. The van der Waals surface area contributed by atoms with Crippen molar-refractivity contribution in [1.82, 2.24) is 0 Å². The lowest BCUT2D eigenvalue weighted by Gasteiger charge is -2.40. The quantitative estimate of drug-likeness (QED) is 0.179. The summed E-state index contributed by atoms with van der Waals surface area (Å²) < 4.78 is 13.4. The molecule has 7 nitrogen and oxygen atoms in total. The van der Waals surface area contributed by atoms with Crippen LogP contribution in [0.5, 0.6) is 0 Å². The highest BCUT2D eigenvalue weighted by Gasteiger charge is 2.41. The fourth-order valence-electron chi connectivity index (χ4n) is 5.54. The number of thioether (sulfide) groups is 1. The van der Waals surface area contributed by atoms with Crippen LogP contribution in [0.4, 0.5) is 15.8 Å². The molecular weight excluding hydrogens is 563 g/mol. The minimum atomic E-state index is -0.661. The first-order valence-corrected chi connectivity index (χ1v) is 14.4. The molecule has 1 unspecified atom stereocenters. The number of anilines is 1. The lowest BCUT2D eigenvalue weighted by Crippen LogP contribution is -2.39. The number of allylic oxidation sites excluding steroid dienone is 3. The number of nitriles is 1. The predicted molar refractivity (Wildman–Crippen MR) is 158 cm³/mol. The largest absolute Gasteiger partial charge is 0.384 e. The van der Waals surface area contributed by atoms with Crippen molar-refractivity contribution in [3.8, 4) is 6.07 Å². The van der Waals surface area contributed by atoms with Crippen LogP contribution in [0.15, 0.2) is 82.2 Å². The Morgan fingerprint density at radius 1 is 1.15 bits per heavy atom. The Hall–Kier alpha value is -4.13. The molecule has 2 aliphatic rings. The second-order valence-corrected chi connectivity index (χ2v) is 11.5. The van der Waals surface area contributed by atoms with E-state index in [0.29, 0.717) is 42.0 Å². The number of hydrogen-bond donors (Lipinski definition) is 1. The Kier molecular flexibility index (Phi) is 7.89. The lowest BCUT2D eigenvalue weighted by atomic mass is 9.74. The highest BCUT2D eigenvalue weighted by atomic mass is 35.5. The number of aryl methyl sites for hydroxylation is 2. The number of non-ortho nitro benzene ring substituents is 1. The van der Waals surface area contributed by atoms with Crippen molar-refractivity contribution in [1.29, 1.82) is 5.26 Å². The third-order valence-electron chi connectivity index (χ3n) is 7.54. The number of ketones is 1. The average molecular weight is 589 g/mol. The van der Waals surface area contributed by atoms with E-state index in [0.717, 1.165) is 27.1 Å². The van der Waals surface area contributed by atoms with Crippen molar-refractivity contribution >= 4 is 40.5 Å². The first kappa shape index (κ1) is 28.4. The zero-order valence-corrected chi connectivity index (χ0v) is 24.0. The van der Waals surface area contributed by atoms with Gasteiger partial charge in [-0.25, -0.2) is 4.39 Å². The molecule has 0 spiro atoms. The average Bonchev–Trinajstić information content (AvgIpc) is 2.93. The minimum Gasteiger partial charge on any atom is -0.384 e. The van der Waals surface area contributed by atoms with Crippen LogP contribution in [-0.2, 0) is 10.5 Å². The van der Waals surface area contributed by atoms with Crippen molar-refractivity contribution < 1.29 is 14.1 Å². The summed E-state index contributed by atoms with van der Waals surface area (Å²) in [5.41, 5.74) is 12.1. The highest BCUT2D eigenvalue weighted by molar-refractivity contribution is 7.98. The number of rotatable bonds is 6. The van der Waals surface area contributed by atoms with Crippen molar-refractivity contribution in [3.05, 3.63) is 120 Å². The number of halogens is 2. The Labute approximate surface area is 246 Å². The van der Waals surface area contributed by atoms with Crippen LogP contribution in [0.3, 0.4) is 0 Å². The molecule has 41 heavy (non-hydrogen) atoms. The number of hydrogen-bond acceptors (Lipinski definition) is 7. The molecule has 0 aromatic heterocycles. The summed E-state index contributed by atoms with van der Waals surface area (Å²) in [5.74, 6) is -0.265. The van der Waals surface area contributed by atoms with Crippen LogP contribution in [0, 0.1) is 41.1 Å². The zero-order valence-electron chi connectivity index (χ0n) is 22.4. The number of benzene rings is 3. The topological polar surface area (TPSA) is 113 Å². The number of nitrogens with two attached hydrogens (primary N) is 1. The number of carbonyl (C=O) groups excluding carboxylic acids is 1. The van der Waals surface area contributed by atoms with E-state index in [1.807, 2.05) is 26.0 Å². The van der Waals surface area contributed by atoms with E-state index in [1.165, 1.54) is 30.3 Å². The molecule has 3 aromatic rings. The van der Waals surface area contributed by atoms with Gasteiger partial charge in [-0.15, -0.1) is 11.8 Å². The van der Waals surface area contributed by atoms with Gasteiger partial charge >= 0.3 is 0 Å². The summed E-state index contributed by atoms with van der Waals surface area (Å²) in [6.07, 6.45) is 1.48. The first-order valence-electron chi connectivity index (χ1n) is 13.0. The zero-order chi connectivity index (χ0) is 29.4. The van der Waals surface area contributed by atoms with Gasteiger partial charge in [-0.3, -0.25) is 19.8 Å². The molecule has 0 saturated carbocycles. The van der Waals surface area contributed by atoms with Gasteiger partial charge in [-0.05, 0) is 79.3 Å². The van der Waals surface area contributed by atoms with Crippen LogP contribution in [0.2, 0.25) is 5.02 Å². The van der Waals surface area contributed by atoms with E-state index in [-0.39, 0.29) is 33.7 Å². The van der Waals surface area contributed by atoms with Gasteiger partial charge in [0.25, 0.3) is 5.69 Å². The van der Waals surface area contributed by atoms with Crippen LogP contribution in [-0.4, -0.2) is 10.7 Å². The fraction of sp³-hybridized carbons (Fsp3) is 0.226. The van der Waals surface area contributed by atoms with E-state index >= 15 is 0 Å². The standard InChI is InChI=1S/C31H26ClFN4O3S/c1-17-12-18(2)23(13-19(17)16-41-22-9-6-20(33)7-10-22)29-24(15-34)31(35)36(27-4-3-5-28(38)30(27)29)26-11-8-21(37(39)40)14-25(26)32/h6-14,29H,3-5,16,35H2,1-2H3. The fourth-order valence-corrected chi connectivity index (χ4v) is 6.76. The molecule has 0 radical (unpaired) electrons.